The molecule has 0 spiro atoms. The molecule has 0 aliphatic rings. The fraction of sp³-hybridized carbons (Fsp3) is 1.00. The molecule has 56 valence electrons. The van der Waals surface area contributed by atoms with Crippen molar-refractivity contribution in [3.05, 3.63) is 0 Å². The van der Waals surface area contributed by atoms with E-state index in [1.807, 2.05) is 6.92 Å². The Kier molecular flexibility index (Phi) is 5.86. The summed E-state index contributed by atoms with van der Waals surface area (Å²) in [5.41, 5.74) is 0. The molecule has 0 heterocycles. The van der Waals surface area contributed by atoms with Gasteiger partial charge in [0.05, 0.1) is 13.2 Å². The van der Waals surface area contributed by atoms with Crippen LogP contribution in [0.2, 0.25) is 0 Å². The largest absolute Gasteiger partial charge is 0.388 e. The molecule has 0 radical (unpaired) electrons. The van der Waals surface area contributed by atoms with Gasteiger partial charge in [0.2, 0.25) is 0 Å². The van der Waals surface area contributed by atoms with E-state index in [4.69, 9.17) is 9.84 Å². The molecule has 0 aromatic heterocycles. The van der Waals surface area contributed by atoms with Crippen molar-refractivity contribution in [3.63, 3.8) is 0 Å². The lowest BCUT2D eigenvalue weighted by atomic mass is 10.4. The molecule has 0 aromatic rings. The van der Waals surface area contributed by atoms with Crippen molar-refractivity contribution >= 4 is 0 Å². The van der Waals surface area contributed by atoms with Crippen molar-refractivity contribution in [3.8, 4) is 0 Å². The predicted molar refractivity (Wildman–Crippen MR) is 32.6 cm³/mol. The molecule has 0 amide bonds. The van der Waals surface area contributed by atoms with E-state index in [9.17, 15) is 0 Å². The second-order valence-corrected chi connectivity index (χ2v) is 1.65. The monoisotopic (exact) mass is 135 g/mol. The van der Waals surface area contributed by atoms with Crippen molar-refractivity contribution in [1.82, 2.24) is 0 Å². The Bertz CT molecular complexity index is 60.2. The highest BCUT2D eigenvalue weighted by Crippen LogP contribution is 1.83. The zero-order valence-corrected chi connectivity index (χ0v) is 5.54. The van der Waals surface area contributed by atoms with E-state index in [1.165, 1.54) is 0 Å². The second kappa shape index (κ2) is 5.97. The van der Waals surface area contributed by atoms with Crippen molar-refractivity contribution in [1.29, 1.82) is 0 Å². The van der Waals surface area contributed by atoms with E-state index in [2.05, 4.69) is 10.7 Å². The zero-order chi connectivity index (χ0) is 7.11. The molecular weight excluding hydrogens is 122 g/mol. The van der Waals surface area contributed by atoms with E-state index in [-0.39, 0.29) is 13.2 Å². The summed E-state index contributed by atoms with van der Waals surface area (Å²) >= 11 is 0. The number of rotatable bonds is 5. The summed E-state index contributed by atoms with van der Waals surface area (Å²) in [4.78, 5) is 4.17. The Morgan fingerprint density at radius 2 is 2.22 bits per heavy atom. The molecule has 0 fully saturated rings. The van der Waals surface area contributed by atoms with Gasteiger partial charge in [-0.05, 0) is 6.92 Å². The van der Waals surface area contributed by atoms with Gasteiger partial charge in [0.1, 0.15) is 6.10 Å². The Labute approximate surface area is 54.5 Å². The first-order valence-electron chi connectivity index (χ1n) is 2.88. The Morgan fingerprint density at radius 1 is 1.56 bits per heavy atom. The number of nitrogens with two attached hydrogens (primary N) is 1. The van der Waals surface area contributed by atoms with Gasteiger partial charge in [-0.3, -0.25) is 0 Å². The smallest absolute Gasteiger partial charge is 0.103 e. The molecule has 4 heteroatoms. The number of hydrogen-bond acceptors (Lipinski definition) is 4. The van der Waals surface area contributed by atoms with Crippen LogP contribution in [0.1, 0.15) is 6.92 Å². The van der Waals surface area contributed by atoms with Crippen LogP contribution in [0.25, 0.3) is 0 Å². The molecule has 4 nitrogen and oxygen atoms in total. The molecule has 0 aromatic carbocycles. The van der Waals surface area contributed by atoms with Crippen LogP contribution >= 0.6 is 0 Å². The average molecular weight is 135 g/mol. The first kappa shape index (κ1) is 8.84. The van der Waals surface area contributed by atoms with Crippen LogP contribution in [0.5, 0.6) is 0 Å². The van der Waals surface area contributed by atoms with E-state index in [0.29, 0.717) is 6.61 Å². The summed E-state index contributed by atoms with van der Waals surface area (Å²) in [5.74, 6) is 4.69. The maximum Gasteiger partial charge on any atom is 0.103 e. The topological polar surface area (TPSA) is 64.7 Å². The van der Waals surface area contributed by atoms with Crippen molar-refractivity contribution < 1.29 is 14.7 Å². The summed E-state index contributed by atoms with van der Waals surface area (Å²) in [6.07, 6.45) is -0.602. The maximum absolute atomic E-state index is 8.85. The maximum atomic E-state index is 8.85. The highest BCUT2D eigenvalue weighted by molar-refractivity contribution is 4.48. The first-order chi connectivity index (χ1) is 4.31. The van der Waals surface area contributed by atoms with Gasteiger partial charge in [-0.2, -0.15) is 0 Å². The summed E-state index contributed by atoms with van der Waals surface area (Å²) in [6, 6.07) is 0. The molecule has 0 aliphatic carbocycles. The minimum atomic E-state index is -0.602. The van der Waals surface area contributed by atoms with Crippen LogP contribution in [0.4, 0.5) is 0 Å². The Balaban J connectivity index is 2.95. The van der Waals surface area contributed by atoms with Crippen molar-refractivity contribution in [2.24, 2.45) is 5.90 Å². The lowest BCUT2D eigenvalue weighted by molar-refractivity contribution is -0.0166. The number of aliphatic hydroxyl groups is 1. The van der Waals surface area contributed by atoms with Crippen molar-refractivity contribution in [2.45, 2.75) is 13.0 Å². The van der Waals surface area contributed by atoms with E-state index >= 15 is 0 Å². The molecule has 0 saturated heterocycles. The predicted octanol–water partition coefficient (Wildman–Crippen LogP) is -0.726. The molecule has 0 saturated carbocycles. The molecule has 1 atom stereocenters. The van der Waals surface area contributed by atoms with Crippen LogP contribution in [0, 0.1) is 0 Å². The lowest BCUT2D eigenvalue weighted by Gasteiger charge is -2.07. The molecule has 0 bridgehead atoms. The number of ether oxygens (including phenoxy) is 1. The van der Waals surface area contributed by atoms with Crippen LogP contribution in [-0.4, -0.2) is 31.0 Å². The SMILES string of the molecule is CCOCC(O)CON. The van der Waals surface area contributed by atoms with Crippen LogP contribution < -0.4 is 5.90 Å². The van der Waals surface area contributed by atoms with E-state index < -0.39 is 6.10 Å². The molecule has 1 unspecified atom stereocenters. The van der Waals surface area contributed by atoms with Gasteiger partial charge >= 0.3 is 0 Å². The van der Waals surface area contributed by atoms with Crippen LogP contribution in [0.3, 0.4) is 0 Å². The summed E-state index contributed by atoms with van der Waals surface area (Å²) in [7, 11) is 0. The molecular formula is C5H13NO3. The lowest BCUT2D eigenvalue weighted by Crippen LogP contribution is -2.23. The van der Waals surface area contributed by atoms with Crippen molar-refractivity contribution in [2.75, 3.05) is 19.8 Å². The molecule has 9 heavy (non-hydrogen) atoms. The van der Waals surface area contributed by atoms with E-state index in [0.717, 1.165) is 0 Å². The Hall–Kier alpha value is -0.160. The van der Waals surface area contributed by atoms with Crippen LogP contribution in [0.15, 0.2) is 0 Å². The summed E-state index contributed by atoms with van der Waals surface area (Å²) < 4.78 is 4.86. The number of hydrogen-bond donors (Lipinski definition) is 2. The fourth-order valence-corrected chi connectivity index (χ4v) is 0.413. The third kappa shape index (κ3) is 5.72. The minimum Gasteiger partial charge on any atom is -0.388 e. The van der Waals surface area contributed by atoms with Gasteiger partial charge in [-0.25, -0.2) is 5.90 Å². The zero-order valence-electron chi connectivity index (χ0n) is 5.54. The molecule has 3 N–H and O–H groups in total. The third-order valence-corrected chi connectivity index (χ3v) is 0.803. The standard InChI is InChI=1S/C5H13NO3/c1-2-8-3-5(7)4-9-6/h5,7H,2-4,6H2,1H3. The van der Waals surface area contributed by atoms with E-state index in [1.54, 1.807) is 0 Å². The third-order valence-electron chi connectivity index (χ3n) is 0.803. The first-order valence-corrected chi connectivity index (χ1v) is 2.88. The summed E-state index contributed by atoms with van der Waals surface area (Å²) in [5, 5.41) is 8.85. The molecule has 0 aliphatic heterocycles. The minimum absolute atomic E-state index is 0.125. The van der Waals surface area contributed by atoms with Gasteiger partial charge in [0.25, 0.3) is 0 Å². The highest BCUT2D eigenvalue weighted by Gasteiger charge is 2.01. The number of aliphatic hydroxyl groups excluding tert-OH is 1. The average Bonchev–Trinajstić information content (AvgIpc) is 1.85. The van der Waals surface area contributed by atoms with Gasteiger partial charge in [-0.15, -0.1) is 0 Å². The van der Waals surface area contributed by atoms with Gasteiger partial charge < -0.3 is 14.7 Å². The fourth-order valence-electron chi connectivity index (χ4n) is 0.413. The van der Waals surface area contributed by atoms with Gasteiger partial charge in [-0.1, -0.05) is 0 Å². The second-order valence-electron chi connectivity index (χ2n) is 1.65. The highest BCUT2D eigenvalue weighted by atomic mass is 16.6. The summed E-state index contributed by atoms with van der Waals surface area (Å²) in [6.45, 7) is 2.87. The van der Waals surface area contributed by atoms with Gasteiger partial charge in [0, 0.05) is 6.61 Å². The quantitative estimate of drug-likeness (QED) is 0.488. The van der Waals surface area contributed by atoms with Gasteiger partial charge in [0.15, 0.2) is 0 Å². The molecule has 0 rings (SSSR count). The normalized spacial score (nSPS) is 13.7. The van der Waals surface area contributed by atoms with Crippen LogP contribution in [-0.2, 0) is 9.57 Å². The Morgan fingerprint density at radius 3 is 2.67 bits per heavy atom.